The molecule has 0 aromatic heterocycles. The highest BCUT2D eigenvalue weighted by Gasteiger charge is 2.35. The summed E-state index contributed by atoms with van der Waals surface area (Å²) in [6.07, 6.45) is 0.703. The summed E-state index contributed by atoms with van der Waals surface area (Å²) in [5, 5.41) is 3.15. The van der Waals surface area contributed by atoms with E-state index in [2.05, 4.69) is 18.8 Å². The number of nitrogens with zero attached hydrogens (tertiary/aromatic N) is 2. The van der Waals surface area contributed by atoms with Crippen LogP contribution in [0.2, 0.25) is 0 Å². The van der Waals surface area contributed by atoms with Crippen LogP contribution in [0.3, 0.4) is 0 Å². The molecule has 0 radical (unpaired) electrons. The molecule has 25 heavy (non-hydrogen) atoms. The summed E-state index contributed by atoms with van der Waals surface area (Å²) in [7, 11) is 1.81. The summed E-state index contributed by atoms with van der Waals surface area (Å²) in [5.41, 5.74) is 2.66. The summed E-state index contributed by atoms with van der Waals surface area (Å²) < 4.78 is 0. The molecule has 0 saturated carbocycles. The van der Waals surface area contributed by atoms with Crippen molar-refractivity contribution in [3.8, 4) is 0 Å². The summed E-state index contributed by atoms with van der Waals surface area (Å²) in [5.74, 6) is 0.291. The largest absolute Gasteiger partial charge is 0.309 e. The molecule has 5 heteroatoms. The van der Waals surface area contributed by atoms with Crippen LogP contribution in [-0.4, -0.2) is 37.5 Å². The van der Waals surface area contributed by atoms with Crippen molar-refractivity contribution in [2.24, 2.45) is 5.92 Å². The number of likely N-dealkylation sites (N-methyl/N-ethyl adjacent to an activating group) is 1. The molecule has 1 heterocycles. The molecule has 0 saturated heterocycles. The number of hydrogen-bond donors (Lipinski definition) is 1. The Labute approximate surface area is 150 Å². The van der Waals surface area contributed by atoms with Gasteiger partial charge in [0.25, 0.3) is 0 Å². The average Bonchev–Trinajstić information content (AvgIpc) is 2.57. The second-order valence-electron chi connectivity index (χ2n) is 7.00. The predicted molar refractivity (Wildman–Crippen MR) is 103 cm³/mol. The summed E-state index contributed by atoms with van der Waals surface area (Å²) in [6, 6.07) is 7.26. The Bertz CT molecular complexity index is 671. The third-order valence-corrected chi connectivity index (χ3v) is 5.00. The first-order valence-corrected chi connectivity index (χ1v) is 8.80. The van der Waals surface area contributed by atoms with Crippen molar-refractivity contribution in [3.05, 3.63) is 36.4 Å². The maximum Gasteiger partial charge on any atom is 0.244 e. The van der Waals surface area contributed by atoms with Crippen molar-refractivity contribution in [3.63, 3.8) is 0 Å². The molecule has 5 nitrogen and oxygen atoms in total. The van der Waals surface area contributed by atoms with Crippen molar-refractivity contribution >= 4 is 23.2 Å². The number of rotatable bonds is 5. The Morgan fingerprint density at radius 3 is 2.40 bits per heavy atom. The fourth-order valence-electron chi connectivity index (χ4n) is 3.35. The number of para-hydroxylation sites is 2. The standard InChI is InChI=1S/C20H29N3O2/c1-13(2)14(3)11-17(21-6)20(25)22-12-15(4)23(16(5)24)19-10-8-7-9-18(19)22/h7-10,14-15,17,21H,1,11-12H2,2-6H3. The van der Waals surface area contributed by atoms with Crippen molar-refractivity contribution in [1.29, 1.82) is 0 Å². The highest BCUT2D eigenvalue weighted by molar-refractivity contribution is 6.05. The van der Waals surface area contributed by atoms with Gasteiger partial charge >= 0.3 is 0 Å². The Morgan fingerprint density at radius 2 is 1.88 bits per heavy atom. The van der Waals surface area contributed by atoms with Gasteiger partial charge in [0, 0.05) is 13.5 Å². The normalized spacial score (nSPS) is 19.2. The smallest absolute Gasteiger partial charge is 0.244 e. The minimum atomic E-state index is -0.282. The first-order valence-electron chi connectivity index (χ1n) is 8.80. The fraction of sp³-hybridized carbons (Fsp3) is 0.500. The number of anilines is 2. The van der Waals surface area contributed by atoms with Crippen molar-refractivity contribution in [2.45, 2.75) is 46.2 Å². The molecular formula is C20H29N3O2. The number of benzene rings is 1. The lowest BCUT2D eigenvalue weighted by Gasteiger charge is -2.42. The quantitative estimate of drug-likeness (QED) is 0.836. The second-order valence-corrected chi connectivity index (χ2v) is 7.00. The second kappa shape index (κ2) is 7.83. The predicted octanol–water partition coefficient (Wildman–Crippen LogP) is 2.96. The van der Waals surface area contributed by atoms with Crippen molar-refractivity contribution in [2.75, 3.05) is 23.4 Å². The molecule has 3 atom stereocenters. The molecule has 1 aliphatic rings. The summed E-state index contributed by atoms with van der Waals surface area (Å²) in [6.45, 7) is 12.1. The van der Waals surface area contributed by atoms with E-state index in [1.165, 1.54) is 0 Å². The number of carbonyl (C=O) groups excluding carboxylic acids is 2. The Morgan fingerprint density at radius 1 is 1.28 bits per heavy atom. The van der Waals surface area contributed by atoms with Crippen LogP contribution in [0.5, 0.6) is 0 Å². The van der Waals surface area contributed by atoms with Crippen LogP contribution in [-0.2, 0) is 9.59 Å². The van der Waals surface area contributed by atoms with Gasteiger partial charge in [-0.15, -0.1) is 0 Å². The van der Waals surface area contributed by atoms with Gasteiger partial charge in [0.05, 0.1) is 23.5 Å². The highest BCUT2D eigenvalue weighted by atomic mass is 16.2. The molecule has 1 N–H and O–H groups in total. The van der Waals surface area contributed by atoms with E-state index in [1.807, 2.05) is 50.1 Å². The topological polar surface area (TPSA) is 52.7 Å². The maximum atomic E-state index is 13.2. The van der Waals surface area contributed by atoms with Crippen LogP contribution < -0.4 is 15.1 Å². The Kier molecular flexibility index (Phi) is 6.01. The molecule has 0 aliphatic carbocycles. The minimum absolute atomic E-state index is 0.00637. The van der Waals surface area contributed by atoms with E-state index in [9.17, 15) is 9.59 Å². The van der Waals surface area contributed by atoms with Gasteiger partial charge in [0.1, 0.15) is 0 Å². The Balaban J connectivity index is 2.34. The van der Waals surface area contributed by atoms with Gasteiger partial charge in [-0.25, -0.2) is 0 Å². The zero-order chi connectivity index (χ0) is 18.7. The molecule has 0 fully saturated rings. The van der Waals surface area contributed by atoms with E-state index in [-0.39, 0.29) is 29.8 Å². The molecule has 136 valence electrons. The van der Waals surface area contributed by atoms with Gasteiger partial charge in [0.15, 0.2) is 0 Å². The first-order chi connectivity index (χ1) is 11.8. The first kappa shape index (κ1) is 19.2. The van der Waals surface area contributed by atoms with E-state index >= 15 is 0 Å². The third kappa shape index (κ3) is 3.93. The molecule has 2 rings (SSSR count). The Hall–Kier alpha value is -2.14. The van der Waals surface area contributed by atoms with E-state index in [1.54, 1.807) is 11.8 Å². The zero-order valence-corrected chi connectivity index (χ0v) is 15.9. The van der Waals surface area contributed by atoms with Crippen molar-refractivity contribution in [1.82, 2.24) is 5.32 Å². The van der Waals surface area contributed by atoms with Crippen LogP contribution in [0.15, 0.2) is 36.4 Å². The molecule has 3 unspecified atom stereocenters. The number of allylic oxidation sites excluding steroid dienone is 1. The van der Waals surface area contributed by atoms with Gasteiger partial charge in [-0.05, 0) is 45.4 Å². The van der Waals surface area contributed by atoms with E-state index in [0.717, 1.165) is 16.9 Å². The van der Waals surface area contributed by atoms with Crippen LogP contribution in [0.4, 0.5) is 11.4 Å². The van der Waals surface area contributed by atoms with Gasteiger partial charge in [0.2, 0.25) is 11.8 Å². The van der Waals surface area contributed by atoms with Crippen LogP contribution >= 0.6 is 0 Å². The summed E-state index contributed by atoms with van der Waals surface area (Å²) in [4.78, 5) is 28.8. The molecule has 1 aromatic carbocycles. The number of hydrogen-bond acceptors (Lipinski definition) is 3. The lowest BCUT2D eigenvalue weighted by molar-refractivity contribution is -0.121. The molecule has 1 aromatic rings. The van der Waals surface area contributed by atoms with Crippen LogP contribution in [0, 0.1) is 5.92 Å². The summed E-state index contributed by atoms with van der Waals surface area (Å²) >= 11 is 0. The highest BCUT2D eigenvalue weighted by Crippen LogP contribution is 2.36. The van der Waals surface area contributed by atoms with E-state index in [4.69, 9.17) is 0 Å². The zero-order valence-electron chi connectivity index (χ0n) is 15.9. The van der Waals surface area contributed by atoms with Gasteiger partial charge < -0.3 is 15.1 Å². The van der Waals surface area contributed by atoms with Crippen LogP contribution in [0.25, 0.3) is 0 Å². The molecular weight excluding hydrogens is 314 g/mol. The molecule has 1 aliphatic heterocycles. The maximum absolute atomic E-state index is 13.2. The average molecular weight is 343 g/mol. The minimum Gasteiger partial charge on any atom is -0.309 e. The third-order valence-electron chi connectivity index (χ3n) is 5.00. The van der Waals surface area contributed by atoms with Crippen LogP contribution in [0.1, 0.15) is 34.1 Å². The van der Waals surface area contributed by atoms with Crippen molar-refractivity contribution < 1.29 is 9.59 Å². The number of carbonyl (C=O) groups is 2. The van der Waals surface area contributed by atoms with E-state index < -0.39 is 0 Å². The molecule has 0 spiro atoms. The van der Waals surface area contributed by atoms with Gasteiger partial charge in [-0.2, -0.15) is 0 Å². The number of nitrogens with one attached hydrogen (secondary N) is 1. The monoisotopic (exact) mass is 343 g/mol. The number of fused-ring (bicyclic) bond motifs is 1. The van der Waals surface area contributed by atoms with E-state index in [0.29, 0.717) is 13.0 Å². The number of amides is 2. The van der Waals surface area contributed by atoms with Gasteiger partial charge in [-0.1, -0.05) is 31.2 Å². The lowest BCUT2D eigenvalue weighted by Crippen LogP contribution is -2.55. The fourth-order valence-corrected chi connectivity index (χ4v) is 3.35. The lowest BCUT2D eigenvalue weighted by atomic mass is 9.94. The molecule has 2 amide bonds. The SMILES string of the molecule is C=C(C)C(C)CC(NC)C(=O)N1CC(C)N(C(C)=O)c2ccccc21. The van der Waals surface area contributed by atoms with Gasteiger partial charge in [-0.3, -0.25) is 9.59 Å². The molecule has 0 bridgehead atoms.